The monoisotopic (exact) mass is 391 g/mol. The summed E-state index contributed by atoms with van der Waals surface area (Å²) in [5, 5.41) is 3.88. The molecule has 4 aromatic rings. The topological polar surface area (TPSA) is 37.2 Å². The molecule has 6 heteroatoms. The summed E-state index contributed by atoms with van der Waals surface area (Å²) in [6.07, 6.45) is 2.09. The van der Waals surface area contributed by atoms with Gasteiger partial charge in [-0.1, -0.05) is 36.4 Å². The fourth-order valence-corrected chi connectivity index (χ4v) is 4.10. The van der Waals surface area contributed by atoms with Crippen molar-refractivity contribution in [3.8, 4) is 0 Å². The molecule has 2 aromatic carbocycles. The van der Waals surface area contributed by atoms with E-state index in [0.717, 1.165) is 49.6 Å². The van der Waals surface area contributed by atoms with Crippen LogP contribution < -0.4 is 4.90 Å². The van der Waals surface area contributed by atoms with Crippen LogP contribution in [0.3, 0.4) is 0 Å². The molecule has 0 saturated carbocycles. The highest BCUT2D eigenvalue weighted by Crippen LogP contribution is 2.28. The van der Waals surface area contributed by atoms with Crippen LogP contribution in [0.2, 0.25) is 5.28 Å². The van der Waals surface area contributed by atoms with Gasteiger partial charge in [-0.3, -0.25) is 0 Å². The lowest BCUT2D eigenvalue weighted by Gasteiger charge is -2.33. The number of halogens is 1. The molecule has 2 aromatic heterocycles. The zero-order chi connectivity index (χ0) is 19.1. The Kier molecular flexibility index (Phi) is 4.41. The Bertz CT molecular complexity index is 1140. The molecule has 0 spiro atoms. The first kappa shape index (κ1) is 17.5. The van der Waals surface area contributed by atoms with E-state index in [2.05, 4.69) is 86.1 Å². The third kappa shape index (κ3) is 3.21. The molecule has 0 bridgehead atoms. The summed E-state index contributed by atoms with van der Waals surface area (Å²) in [7, 11) is 2.15. The maximum Gasteiger partial charge on any atom is 0.226 e. The van der Waals surface area contributed by atoms with E-state index in [4.69, 9.17) is 11.6 Å². The van der Waals surface area contributed by atoms with Crippen LogP contribution in [0.1, 0.15) is 5.56 Å². The number of hydrogen-bond donors (Lipinski definition) is 0. The number of likely N-dealkylation sites (N-methyl/N-ethyl adjacent to an activating group) is 1. The van der Waals surface area contributed by atoms with Gasteiger partial charge in [0.25, 0.3) is 0 Å². The van der Waals surface area contributed by atoms with E-state index in [-0.39, 0.29) is 0 Å². The van der Waals surface area contributed by atoms with Gasteiger partial charge >= 0.3 is 0 Å². The van der Waals surface area contributed by atoms with Gasteiger partial charge in [0.1, 0.15) is 11.5 Å². The first-order valence-electron chi connectivity index (χ1n) is 9.61. The van der Waals surface area contributed by atoms with Gasteiger partial charge in [0, 0.05) is 38.9 Å². The Balaban J connectivity index is 1.51. The number of rotatable bonds is 3. The van der Waals surface area contributed by atoms with Gasteiger partial charge in [-0.15, -0.1) is 0 Å². The zero-order valence-corrected chi connectivity index (χ0v) is 16.6. The molecule has 0 N–H and O–H groups in total. The standard InChI is InChI=1S/C22H22ClN5/c1-26-10-12-27(13-11-26)20-19-8-9-28(21(19)25-22(23)24-20)15-16-6-7-17-4-2-3-5-18(17)14-16/h2-9,14H,10-13,15H2,1H3. The molecule has 5 nitrogen and oxygen atoms in total. The molecule has 0 unspecified atom stereocenters. The summed E-state index contributed by atoms with van der Waals surface area (Å²) >= 11 is 6.31. The molecule has 28 heavy (non-hydrogen) atoms. The van der Waals surface area contributed by atoms with E-state index < -0.39 is 0 Å². The summed E-state index contributed by atoms with van der Waals surface area (Å²) < 4.78 is 2.16. The second kappa shape index (κ2) is 7.08. The van der Waals surface area contributed by atoms with E-state index in [1.54, 1.807) is 0 Å². The number of piperazine rings is 1. The lowest BCUT2D eigenvalue weighted by atomic mass is 10.1. The lowest BCUT2D eigenvalue weighted by Crippen LogP contribution is -2.44. The second-order valence-electron chi connectivity index (χ2n) is 7.47. The second-order valence-corrected chi connectivity index (χ2v) is 7.81. The summed E-state index contributed by atoms with van der Waals surface area (Å²) in [5.74, 6) is 0.945. The summed E-state index contributed by atoms with van der Waals surface area (Å²) in [5.41, 5.74) is 2.13. The van der Waals surface area contributed by atoms with Crippen LogP contribution in [0.25, 0.3) is 21.8 Å². The van der Waals surface area contributed by atoms with Crippen LogP contribution in [0.4, 0.5) is 5.82 Å². The van der Waals surface area contributed by atoms with Crippen molar-refractivity contribution < 1.29 is 0 Å². The third-order valence-corrected chi connectivity index (χ3v) is 5.71. The normalized spacial score (nSPS) is 15.6. The SMILES string of the molecule is CN1CCN(c2nc(Cl)nc3c2ccn3Cc2ccc3ccccc3c2)CC1. The molecular weight excluding hydrogens is 370 g/mol. The van der Waals surface area contributed by atoms with Crippen molar-refractivity contribution in [1.82, 2.24) is 19.4 Å². The lowest BCUT2D eigenvalue weighted by molar-refractivity contribution is 0.312. The fraction of sp³-hybridized carbons (Fsp3) is 0.273. The van der Waals surface area contributed by atoms with Crippen LogP contribution >= 0.6 is 11.6 Å². The molecule has 0 aliphatic carbocycles. The molecule has 142 valence electrons. The molecule has 1 aliphatic rings. The molecule has 1 fully saturated rings. The van der Waals surface area contributed by atoms with Crippen LogP contribution in [-0.4, -0.2) is 52.7 Å². The van der Waals surface area contributed by atoms with E-state index in [1.807, 2.05) is 0 Å². The molecule has 0 radical (unpaired) electrons. The van der Waals surface area contributed by atoms with Crippen molar-refractivity contribution in [2.75, 3.05) is 38.1 Å². The average molecular weight is 392 g/mol. The Morgan fingerprint density at radius 1 is 0.929 bits per heavy atom. The van der Waals surface area contributed by atoms with E-state index in [0.29, 0.717) is 5.28 Å². The number of hydrogen-bond acceptors (Lipinski definition) is 4. The van der Waals surface area contributed by atoms with Crippen LogP contribution in [0.5, 0.6) is 0 Å². The van der Waals surface area contributed by atoms with Crippen LogP contribution in [0.15, 0.2) is 54.7 Å². The summed E-state index contributed by atoms with van der Waals surface area (Å²) in [6, 6.07) is 17.1. The Morgan fingerprint density at radius 2 is 1.71 bits per heavy atom. The van der Waals surface area contributed by atoms with E-state index in [9.17, 15) is 0 Å². The van der Waals surface area contributed by atoms with Gasteiger partial charge < -0.3 is 14.4 Å². The van der Waals surface area contributed by atoms with Gasteiger partial charge in [0.05, 0.1) is 5.39 Å². The molecule has 0 amide bonds. The van der Waals surface area contributed by atoms with Crippen molar-refractivity contribution in [3.63, 3.8) is 0 Å². The fourth-order valence-electron chi connectivity index (χ4n) is 3.94. The molecule has 1 aliphatic heterocycles. The number of anilines is 1. The van der Waals surface area contributed by atoms with Gasteiger partial charge in [-0.25, -0.2) is 0 Å². The molecule has 1 saturated heterocycles. The first-order chi connectivity index (χ1) is 13.7. The van der Waals surface area contributed by atoms with Crippen molar-refractivity contribution in [3.05, 3.63) is 65.6 Å². The molecular formula is C22H22ClN5. The van der Waals surface area contributed by atoms with Gasteiger partial charge in [0.15, 0.2) is 0 Å². The number of aromatic nitrogens is 3. The maximum absolute atomic E-state index is 6.31. The Morgan fingerprint density at radius 3 is 2.54 bits per heavy atom. The molecule has 5 rings (SSSR count). The van der Waals surface area contributed by atoms with Crippen LogP contribution in [-0.2, 0) is 6.54 Å². The van der Waals surface area contributed by atoms with Crippen molar-refractivity contribution in [2.45, 2.75) is 6.54 Å². The maximum atomic E-state index is 6.31. The predicted molar refractivity (Wildman–Crippen MR) is 115 cm³/mol. The number of nitrogens with zero attached hydrogens (tertiary/aromatic N) is 5. The minimum Gasteiger partial charge on any atom is -0.353 e. The minimum absolute atomic E-state index is 0.305. The quantitative estimate of drug-likeness (QED) is 0.494. The first-order valence-corrected chi connectivity index (χ1v) is 9.99. The third-order valence-electron chi connectivity index (χ3n) is 5.54. The molecule has 0 atom stereocenters. The van der Waals surface area contributed by atoms with Gasteiger partial charge in [-0.2, -0.15) is 9.97 Å². The van der Waals surface area contributed by atoms with E-state index >= 15 is 0 Å². The number of fused-ring (bicyclic) bond motifs is 2. The highest BCUT2D eigenvalue weighted by atomic mass is 35.5. The molecule has 3 heterocycles. The highest BCUT2D eigenvalue weighted by molar-refractivity contribution is 6.28. The number of benzene rings is 2. The predicted octanol–water partition coefficient (Wildman–Crippen LogP) is 4.04. The van der Waals surface area contributed by atoms with Crippen molar-refractivity contribution in [1.29, 1.82) is 0 Å². The zero-order valence-electron chi connectivity index (χ0n) is 15.8. The van der Waals surface area contributed by atoms with E-state index in [1.165, 1.54) is 16.3 Å². The summed E-state index contributed by atoms with van der Waals surface area (Å²) in [6.45, 7) is 4.72. The largest absolute Gasteiger partial charge is 0.353 e. The smallest absolute Gasteiger partial charge is 0.226 e. The summed E-state index contributed by atoms with van der Waals surface area (Å²) in [4.78, 5) is 13.8. The Labute approximate surface area is 169 Å². The van der Waals surface area contributed by atoms with Gasteiger partial charge in [0.2, 0.25) is 5.28 Å². The Hall–Kier alpha value is -2.63. The highest BCUT2D eigenvalue weighted by Gasteiger charge is 2.20. The average Bonchev–Trinajstić information content (AvgIpc) is 3.10. The van der Waals surface area contributed by atoms with Crippen LogP contribution in [0, 0.1) is 0 Å². The van der Waals surface area contributed by atoms with Crippen molar-refractivity contribution in [2.24, 2.45) is 0 Å². The van der Waals surface area contributed by atoms with Gasteiger partial charge in [-0.05, 0) is 47.1 Å². The minimum atomic E-state index is 0.305. The van der Waals surface area contributed by atoms with Crippen molar-refractivity contribution >= 4 is 39.2 Å².